The van der Waals surface area contributed by atoms with Crippen LogP contribution in [0.1, 0.15) is 115 Å². The molecule has 4 aliphatic heterocycles. The summed E-state index contributed by atoms with van der Waals surface area (Å²) in [4.78, 5) is 59.9. The van der Waals surface area contributed by atoms with Gasteiger partial charge in [-0.05, 0) is 82.2 Å². The molecule has 24 heteroatoms. The van der Waals surface area contributed by atoms with E-state index in [9.17, 15) is 44.4 Å². The van der Waals surface area contributed by atoms with Gasteiger partial charge in [0.05, 0.1) is 127 Å². The Kier molecular flexibility index (Phi) is 42.2. The van der Waals surface area contributed by atoms with Crippen LogP contribution in [0.15, 0.2) is 273 Å². The maximum atomic E-state index is 13.0. The lowest BCUT2D eigenvalue weighted by molar-refractivity contribution is -0.230. The topological polar surface area (TPSA) is 310 Å². The molecule has 9 aromatic rings. The Balaban J connectivity index is 0.000000165. The number of carbonyl (C=O) groups excluding carboxylic acids is 5. The zero-order valence-corrected chi connectivity index (χ0v) is 70.7. The number of hydrogen-bond donors (Lipinski definition) is 6. The fourth-order valence-electron chi connectivity index (χ4n) is 14.6. The molecule has 662 valence electrons. The molecule has 4 saturated heterocycles. The minimum absolute atomic E-state index is 0.0298. The summed E-state index contributed by atoms with van der Waals surface area (Å²) >= 11 is 0. The first kappa shape index (κ1) is 96.0. The number of nitrogens with one attached hydrogen (secondary N) is 2. The molecule has 9 unspecified atom stereocenters. The van der Waals surface area contributed by atoms with E-state index in [2.05, 4.69) is 34.9 Å². The van der Waals surface area contributed by atoms with Gasteiger partial charge in [0, 0.05) is 39.7 Å². The van der Waals surface area contributed by atoms with E-state index in [0.717, 1.165) is 77.5 Å². The number of aryl methyl sites for hydroxylation is 1. The van der Waals surface area contributed by atoms with Crippen LogP contribution >= 0.6 is 0 Å². The summed E-state index contributed by atoms with van der Waals surface area (Å²) in [6.07, 6.45) is 0.808. The van der Waals surface area contributed by atoms with Crippen molar-refractivity contribution in [3.63, 3.8) is 0 Å². The van der Waals surface area contributed by atoms with Crippen molar-refractivity contribution < 1.29 is 106 Å². The largest absolute Gasteiger partial charge is 0.461 e. The molecule has 6 N–H and O–H groups in total. The third kappa shape index (κ3) is 34.7. The molecule has 1 saturated carbocycles. The van der Waals surface area contributed by atoms with E-state index >= 15 is 0 Å². The number of amides is 2. The van der Waals surface area contributed by atoms with Gasteiger partial charge in [0.1, 0.15) is 44.2 Å². The summed E-state index contributed by atoms with van der Waals surface area (Å²) < 4.78 is 74.3. The van der Waals surface area contributed by atoms with Gasteiger partial charge in [-0.2, -0.15) is 0 Å². The maximum Gasteiger partial charge on any atom is 0.338 e. The lowest BCUT2D eigenvalue weighted by Gasteiger charge is -2.39. The van der Waals surface area contributed by atoms with Crippen molar-refractivity contribution >= 4 is 29.7 Å². The van der Waals surface area contributed by atoms with Gasteiger partial charge in [0.15, 0.2) is 12.2 Å². The molecule has 0 spiro atoms. The first-order chi connectivity index (χ1) is 60.6. The van der Waals surface area contributed by atoms with Crippen LogP contribution in [0.4, 0.5) is 0 Å². The number of ether oxygens (including phenoxy) is 13. The lowest BCUT2D eigenvalue weighted by Crippen LogP contribution is -2.58. The Morgan fingerprint density at radius 1 is 0.347 bits per heavy atom. The number of aliphatic hydroxyl groups is 4. The Hall–Kier alpha value is -10.2. The highest BCUT2D eigenvalue weighted by Gasteiger charge is 2.46. The van der Waals surface area contributed by atoms with E-state index in [4.69, 9.17) is 61.6 Å². The van der Waals surface area contributed by atoms with Crippen molar-refractivity contribution in [1.29, 1.82) is 0 Å². The summed E-state index contributed by atoms with van der Waals surface area (Å²) in [5.41, 5.74) is 9.37. The van der Waals surface area contributed by atoms with Crippen molar-refractivity contribution in [3.8, 4) is 0 Å². The quantitative estimate of drug-likeness (QED) is 0.0126. The van der Waals surface area contributed by atoms with Gasteiger partial charge in [0.25, 0.3) is 0 Å². The van der Waals surface area contributed by atoms with Crippen molar-refractivity contribution in [2.45, 2.75) is 210 Å². The van der Waals surface area contributed by atoms with Crippen LogP contribution in [0.25, 0.3) is 0 Å². The Morgan fingerprint density at radius 2 is 0.702 bits per heavy atom. The zero-order chi connectivity index (χ0) is 87.1. The SMILES string of the molecule is CC(=O)NC1COC(CO)C[C@H]1OCc1ccccc1.CC(=O)NC1COC(CO)C[C@H]1OCc1ccccc1.O=C(OCc1ccccc1)C1CCC[C@H](OCc2ccccc2)C1.O=C(OCc1ccccc1)C1C[C@@H](OCc2ccccc2)C(O)CO1.O=C(OCc1ccccc1)C1OCC(O)[C@H](OCc2ccccc2)[C@@H]1OCCCc1ccccc1. The van der Waals surface area contributed by atoms with Gasteiger partial charge < -0.3 is 92.6 Å². The molecule has 124 heavy (non-hydrogen) atoms. The number of carbonyl (C=O) groups is 5. The molecule has 14 rings (SSSR count). The van der Waals surface area contributed by atoms with Crippen molar-refractivity contribution in [2.24, 2.45) is 5.92 Å². The monoisotopic (exact) mass is 1700 g/mol. The number of rotatable bonds is 33. The Bertz CT molecular complexity index is 4340. The fourth-order valence-corrected chi connectivity index (χ4v) is 14.6. The highest BCUT2D eigenvalue weighted by atomic mass is 16.6. The van der Waals surface area contributed by atoms with E-state index in [-0.39, 0.29) is 119 Å². The molecule has 0 aromatic heterocycles. The smallest absolute Gasteiger partial charge is 0.338 e. The van der Waals surface area contributed by atoms with Crippen LogP contribution < -0.4 is 10.6 Å². The van der Waals surface area contributed by atoms with Crippen LogP contribution in [0.3, 0.4) is 0 Å². The van der Waals surface area contributed by atoms with Crippen LogP contribution in [0, 0.1) is 5.92 Å². The van der Waals surface area contributed by atoms with Gasteiger partial charge in [-0.3, -0.25) is 14.4 Å². The molecule has 2 amide bonds. The molecule has 0 radical (unpaired) electrons. The van der Waals surface area contributed by atoms with Crippen molar-refractivity contribution in [3.05, 3.63) is 323 Å². The first-order valence-corrected chi connectivity index (χ1v) is 42.7. The first-order valence-electron chi connectivity index (χ1n) is 42.7. The molecule has 4 heterocycles. The predicted octanol–water partition coefficient (Wildman–Crippen LogP) is 12.8. The van der Waals surface area contributed by atoms with Gasteiger partial charge in [0.2, 0.25) is 11.8 Å². The summed E-state index contributed by atoms with van der Waals surface area (Å²) in [6.45, 7) is 7.00. The second kappa shape index (κ2) is 54.5. The average Bonchev–Trinajstić information content (AvgIpc) is 0.806. The summed E-state index contributed by atoms with van der Waals surface area (Å²) in [5.74, 6) is -1.29. The Morgan fingerprint density at radius 3 is 1.10 bits per heavy atom. The minimum Gasteiger partial charge on any atom is -0.461 e. The predicted molar refractivity (Wildman–Crippen MR) is 464 cm³/mol. The van der Waals surface area contributed by atoms with Crippen LogP contribution in [-0.2, 0) is 145 Å². The number of benzene rings is 9. The van der Waals surface area contributed by atoms with E-state index in [1.54, 1.807) is 0 Å². The minimum atomic E-state index is -0.986. The summed E-state index contributed by atoms with van der Waals surface area (Å²) in [5, 5.41) is 44.8. The van der Waals surface area contributed by atoms with Crippen molar-refractivity contribution in [1.82, 2.24) is 10.6 Å². The van der Waals surface area contributed by atoms with Gasteiger partial charge in [-0.1, -0.05) is 279 Å². The molecule has 1 aliphatic carbocycles. The molecule has 0 bridgehead atoms. The molecular weight excluding hydrogens is 1580 g/mol. The average molecular weight is 1700 g/mol. The number of esters is 3. The summed E-state index contributed by atoms with van der Waals surface area (Å²) in [6, 6.07) is 87.9. The van der Waals surface area contributed by atoms with Crippen LogP contribution in [0.2, 0.25) is 0 Å². The van der Waals surface area contributed by atoms with E-state index in [1.165, 1.54) is 25.0 Å². The molecule has 15 atom stereocenters. The summed E-state index contributed by atoms with van der Waals surface area (Å²) in [7, 11) is 0. The third-order valence-electron chi connectivity index (χ3n) is 21.3. The van der Waals surface area contributed by atoms with Gasteiger partial charge >= 0.3 is 17.9 Å². The van der Waals surface area contributed by atoms with Crippen molar-refractivity contribution in [2.75, 3.05) is 46.2 Å². The molecule has 24 nitrogen and oxygen atoms in total. The maximum absolute atomic E-state index is 13.0. The van der Waals surface area contributed by atoms with Crippen LogP contribution in [0.5, 0.6) is 0 Å². The molecule has 5 aliphatic rings. The fraction of sp³-hybridized carbons (Fsp3) is 0.410. The van der Waals surface area contributed by atoms with Gasteiger partial charge in [-0.25, -0.2) is 9.59 Å². The van der Waals surface area contributed by atoms with E-state index < -0.39 is 54.7 Å². The van der Waals surface area contributed by atoms with Crippen LogP contribution in [-0.4, -0.2) is 182 Å². The normalized spacial score (nSPS) is 23.3. The second-order valence-electron chi connectivity index (χ2n) is 31.1. The second-order valence-corrected chi connectivity index (χ2v) is 31.1. The van der Waals surface area contributed by atoms with E-state index in [0.29, 0.717) is 65.7 Å². The van der Waals surface area contributed by atoms with Gasteiger partial charge in [-0.15, -0.1) is 0 Å². The standard InChI is InChI=1S/C29H32O6.C21H24O3.C20H22O5.2C15H21NO4/c30-25-21-34-28(29(31)35-20-24-15-8-3-9-16-24)27(26(25)33-19-23-13-6-2-7-14-23)32-18-10-17-22-11-4-1-5-12-22;22-21(24-16-18-10-5-2-6-11-18)19-12-7-13-20(14-19)23-15-17-8-3-1-4-9-17;21-17-14-24-19(20(22)25-13-16-9-5-2-6-10-16)11-18(17)23-12-15-7-3-1-4-8-15;2*1-11(18)16-14-10-19-13(8-17)7-15(14)20-9-12-5-3-2-4-6-12/h1-9,11-16,25-28,30H,10,17-21H2;1-6,8-11,19-20H,7,12-16H2;1-10,17-19,21H,11-14H2;2*2-6,13-15,17H,7-10H2,1H3,(H,16,18)/t25?,26-,27-,28?;19?,20-;17?,18-,19?;2*13?,14?,15-/m00111/s1. The zero-order valence-electron chi connectivity index (χ0n) is 70.7. The van der Waals surface area contributed by atoms with E-state index in [1.807, 2.05) is 249 Å². The molecular formula is C100H120N2O22. The lowest BCUT2D eigenvalue weighted by atomic mass is 9.87. The molecule has 5 fully saturated rings. The number of hydrogen-bond acceptors (Lipinski definition) is 22. The highest BCUT2D eigenvalue weighted by Crippen LogP contribution is 2.31. The Labute approximate surface area is 727 Å². The molecule has 9 aromatic carbocycles. The third-order valence-corrected chi connectivity index (χ3v) is 21.3. The number of aliphatic hydroxyl groups excluding tert-OH is 4. The highest BCUT2D eigenvalue weighted by molar-refractivity contribution is 5.76.